The van der Waals surface area contributed by atoms with E-state index in [-0.39, 0.29) is 0 Å². The number of aromatic nitrogens is 1. The summed E-state index contributed by atoms with van der Waals surface area (Å²) in [5.74, 6) is 0. The fourth-order valence-corrected chi connectivity index (χ4v) is 2.25. The van der Waals surface area contributed by atoms with Crippen molar-refractivity contribution in [2.24, 2.45) is 0 Å². The summed E-state index contributed by atoms with van der Waals surface area (Å²) in [4.78, 5) is 4.42. The molecule has 3 aromatic rings. The molecule has 0 saturated carbocycles. The summed E-state index contributed by atoms with van der Waals surface area (Å²) in [6.45, 7) is 4.23. The molecule has 16 heavy (non-hydrogen) atoms. The minimum atomic E-state index is 1.06. The smallest absolute Gasteiger partial charge is 0.0978 e. The molecule has 1 nitrogen and oxygen atoms in total. The summed E-state index contributed by atoms with van der Waals surface area (Å²) in [5.41, 5.74) is 3.56. The Morgan fingerprint density at radius 2 is 1.81 bits per heavy atom. The first-order valence-corrected chi connectivity index (χ1v) is 5.43. The highest BCUT2D eigenvalue weighted by Gasteiger charge is 2.04. The second-order valence-corrected chi connectivity index (χ2v) is 4.25. The highest BCUT2D eigenvalue weighted by molar-refractivity contribution is 6.06. The molecular formula is C15H12N. The fourth-order valence-electron chi connectivity index (χ4n) is 2.25. The molecule has 0 atom stereocenters. The van der Waals surface area contributed by atoms with E-state index in [4.69, 9.17) is 0 Å². The van der Waals surface area contributed by atoms with Gasteiger partial charge in [-0.2, -0.15) is 0 Å². The van der Waals surface area contributed by atoms with Crippen LogP contribution in [0.2, 0.25) is 0 Å². The van der Waals surface area contributed by atoms with E-state index in [2.05, 4.69) is 55.4 Å². The average Bonchev–Trinajstić information content (AvgIpc) is 2.28. The minimum Gasteiger partial charge on any atom is -0.245 e. The van der Waals surface area contributed by atoms with Gasteiger partial charge in [-0.1, -0.05) is 35.9 Å². The Hall–Kier alpha value is -1.89. The first-order valence-electron chi connectivity index (χ1n) is 5.43. The van der Waals surface area contributed by atoms with E-state index in [1.54, 1.807) is 0 Å². The molecule has 0 aliphatic heterocycles. The molecule has 0 saturated heterocycles. The molecule has 0 fully saturated rings. The van der Waals surface area contributed by atoms with Gasteiger partial charge in [-0.3, -0.25) is 0 Å². The van der Waals surface area contributed by atoms with E-state index in [9.17, 15) is 0 Å². The van der Waals surface area contributed by atoms with E-state index in [1.165, 1.54) is 21.9 Å². The van der Waals surface area contributed by atoms with Crippen LogP contribution >= 0.6 is 0 Å². The molecule has 2 aromatic carbocycles. The maximum absolute atomic E-state index is 4.42. The van der Waals surface area contributed by atoms with Gasteiger partial charge in [0.05, 0.1) is 11.7 Å². The zero-order valence-corrected chi connectivity index (χ0v) is 9.41. The van der Waals surface area contributed by atoms with Crippen LogP contribution in [-0.2, 0) is 0 Å². The molecule has 0 N–H and O–H groups in total. The van der Waals surface area contributed by atoms with Crippen molar-refractivity contribution in [2.75, 3.05) is 0 Å². The summed E-state index contributed by atoms with van der Waals surface area (Å²) in [7, 11) is 0. The third-order valence-electron chi connectivity index (χ3n) is 2.95. The predicted molar refractivity (Wildman–Crippen MR) is 67.6 cm³/mol. The van der Waals surface area contributed by atoms with Crippen LogP contribution in [0.4, 0.5) is 0 Å². The number of aryl methyl sites for hydroxylation is 2. The van der Waals surface area contributed by atoms with Gasteiger partial charge in [0, 0.05) is 10.8 Å². The second kappa shape index (κ2) is 3.31. The molecule has 0 bridgehead atoms. The van der Waals surface area contributed by atoms with Crippen molar-refractivity contribution in [3.05, 3.63) is 53.7 Å². The Bertz CT molecular complexity index is 683. The molecule has 0 amide bonds. The lowest BCUT2D eigenvalue weighted by Crippen LogP contribution is -1.87. The summed E-state index contributed by atoms with van der Waals surface area (Å²) in [6, 6.07) is 12.6. The zero-order valence-electron chi connectivity index (χ0n) is 9.41. The van der Waals surface area contributed by atoms with E-state index >= 15 is 0 Å². The van der Waals surface area contributed by atoms with Gasteiger partial charge in [-0.25, -0.2) is 4.98 Å². The van der Waals surface area contributed by atoms with Crippen LogP contribution in [0.5, 0.6) is 0 Å². The van der Waals surface area contributed by atoms with E-state index in [0.717, 1.165) is 10.9 Å². The number of hydrogen-bond acceptors (Lipinski definition) is 1. The SMILES string of the molecule is Cc1cc(C)c2n[c]c3ccccc3c2c1. The van der Waals surface area contributed by atoms with Crippen LogP contribution in [0, 0.1) is 20.0 Å². The highest BCUT2D eigenvalue weighted by atomic mass is 14.7. The summed E-state index contributed by atoms with van der Waals surface area (Å²) >= 11 is 0. The van der Waals surface area contributed by atoms with Crippen LogP contribution in [0.3, 0.4) is 0 Å². The van der Waals surface area contributed by atoms with Crippen molar-refractivity contribution in [3.63, 3.8) is 0 Å². The number of hydrogen-bond donors (Lipinski definition) is 0. The van der Waals surface area contributed by atoms with Crippen molar-refractivity contribution in [3.8, 4) is 0 Å². The third kappa shape index (κ3) is 1.28. The van der Waals surface area contributed by atoms with Gasteiger partial charge in [0.1, 0.15) is 0 Å². The van der Waals surface area contributed by atoms with Crippen molar-refractivity contribution in [1.29, 1.82) is 0 Å². The lowest BCUT2D eigenvalue weighted by molar-refractivity contribution is 1.35. The van der Waals surface area contributed by atoms with Gasteiger partial charge in [-0.05, 0) is 30.9 Å². The molecule has 1 heterocycles. The number of fused-ring (bicyclic) bond motifs is 3. The van der Waals surface area contributed by atoms with Crippen molar-refractivity contribution in [1.82, 2.24) is 4.98 Å². The molecule has 0 unspecified atom stereocenters. The Balaban J connectivity index is 2.59. The standard InChI is InChI=1S/C15H12N/c1-10-7-11(2)15-14(8-10)13-6-4-3-5-12(13)9-16-15/h3-8H,1-2H3. The number of benzene rings is 2. The van der Waals surface area contributed by atoms with Crippen LogP contribution < -0.4 is 0 Å². The minimum absolute atomic E-state index is 1.06. The molecule has 0 spiro atoms. The summed E-state index contributed by atoms with van der Waals surface area (Å²) in [6.07, 6.45) is 3.10. The maximum Gasteiger partial charge on any atom is 0.0978 e. The quantitative estimate of drug-likeness (QED) is 0.510. The number of rotatable bonds is 0. The fraction of sp³-hybridized carbons (Fsp3) is 0.133. The van der Waals surface area contributed by atoms with Crippen LogP contribution in [0.15, 0.2) is 36.4 Å². The third-order valence-corrected chi connectivity index (χ3v) is 2.95. The molecule has 1 radical (unpaired) electrons. The van der Waals surface area contributed by atoms with Gasteiger partial charge < -0.3 is 0 Å². The van der Waals surface area contributed by atoms with Gasteiger partial charge in [0.2, 0.25) is 0 Å². The average molecular weight is 206 g/mol. The molecule has 0 aliphatic carbocycles. The van der Waals surface area contributed by atoms with E-state index < -0.39 is 0 Å². The Kier molecular flexibility index (Phi) is 1.93. The van der Waals surface area contributed by atoms with Gasteiger partial charge >= 0.3 is 0 Å². The second-order valence-electron chi connectivity index (χ2n) is 4.25. The summed E-state index contributed by atoms with van der Waals surface area (Å²) in [5, 5.41) is 3.55. The van der Waals surface area contributed by atoms with E-state index in [1.807, 2.05) is 6.07 Å². The first-order chi connectivity index (χ1) is 7.75. The van der Waals surface area contributed by atoms with Gasteiger partial charge in [-0.15, -0.1) is 0 Å². The topological polar surface area (TPSA) is 12.9 Å². The number of pyridine rings is 1. The van der Waals surface area contributed by atoms with E-state index in [0.29, 0.717) is 0 Å². The maximum atomic E-state index is 4.42. The Morgan fingerprint density at radius 1 is 1.00 bits per heavy atom. The molecular weight excluding hydrogens is 194 g/mol. The van der Waals surface area contributed by atoms with Crippen LogP contribution in [0.1, 0.15) is 11.1 Å². The lowest BCUT2D eigenvalue weighted by Gasteiger charge is -2.06. The molecule has 1 aromatic heterocycles. The lowest BCUT2D eigenvalue weighted by atomic mass is 10.0. The van der Waals surface area contributed by atoms with Crippen LogP contribution in [0.25, 0.3) is 21.7 Å². The Labute approximate surface area is 94.7 Å². The van der Waals surface area contributed by atoms with Crippen molar-refractivity contribution in [2.45, 2.75) is 13.8 Å². The Morgan fingerprint density at radius 3 is 2.69 bits per heavy atom. The van der Waals surface area contributed by atoms with Gasteiger partial charge in [0.15, 0.2) is 0 Å². The summed E-state index contributed by atoms with van der Waals surface area (Å²) < 4.78 is 0. The zero-order chi connectivity index (χ0) is 11.1. The predicted octanol–water partition coefficient (Wildman–Crippen LogP) is 3.81. The van der Waals surface area contributed by atoms with Gasteiger partial charge in [0.25, 0.3) is 0 Å². The van der Waals surface area contributed by atoms with Crippen LogP contribution in [-0.4, -0.2) is 4.98 Å². The molecule has 0 aliphatic rings. The molecule has 3 rings (SSSR count). The number of nitrogens with zero attached hydrogens (tertiary/aromatic N) is 1. The van der Waals surface area contributed by atoms with Crippen molar-refractivity contribution >= 4 is 21.7 Å². The largest absolute Gasteiger partial charge is 0.245 e. The molecule has 77 valence electrons. The highest BCUT2D eigenvalue weighted by Crippen LogP contribution is 2.26. The normalized spacial score (nSPS) is 11.1. The first kappa shape index (κ1) is 9.34. The monoisotopic (exact) mass is 206 g/mol. The van der Waals surface area contributed by atoms with Crippen molar-refractivity contribution < 1.29 is 0 Å². The molecule has 1 heteroatoms.